The van der Waals surface area contributed by atoms with E-state index in [1.54, 1.807) is 68.4 Å². The van der Waals surface area contributed by atoms with Crippen LogP contribution in [0.2, 0.25) is 0 Å². The molecule has 0 saturated heterocycles. The number of carbonyl (C=O) groups excluding carboxylic acids is 2. The number of nitrogens with two attached hydrogens (primary N) is 1. The van der Waals surface area contributed by atoms with Crippen molar-refractivity contribution in [2.24, 2.45) is 5.73 Å². The largest absolute Gasteiger partial charge is 0.466 e. The van der Waals surface area contributed by atoms with Crippen LogP contribution in [0.5, 0.6) is 0 Å². The number of hydrogen-bond acceptors (Lipinski definition) is 8. The van der Waals surface area contributed by atoms with Crippen LogP contribution in [0, 0.1) is 22.7 Å². The Labute approximate surface area is 198 Å². The third-order valence-corrected chi connectivity index (χ3v) is 5.72. The number of methoxy groups -OCH3 is 2. The summed E-state index contributed by atoms with van der Waals surface area (Å²) in [4.78, 5) is 27.5. The van der Waals surface area contributed by atoms with E-state index in [0.29, 0.717) is 16.8 Å². The van der Waals surface area contributed by atoms with E-state index in [1.165, 1.54) is 19.1 Å². The molecule has 0 spiro atoms. The second-order valence-corrected chi connectivity index (χ2v) is 8.12. The van der Waals surface area contributed by atoms with E-state index in [-0.39, 0.29) is 22.7 Å². The number of hydrogen-bond donors (Lipinski definition) is 1. The second-order valence-electron chi connectivity index (χ2n) is 8.12. The van der Waals surface area contributed by atoms with Gasteiger partial charge in [-0.15, -0.1) is 0 Å². The maximum absolute atomic E-state index is 13.1. The Morgan fingerprint density at radius 3 is 2.21 bits per heavy atom. The van der Waals surface area contributed by atoms with Gasteiger partial charge < -0.3 is 15.2 Å². The number of carbonyl (C=O) groups is 2. The summed E-state index contributed by atoms with van der Waals surface area (Å²) >= 11 is 0. The van der Waals surface area contributed by atoms with Gasteiger partial charge in [-0.2, -0.15) is 10.5 Å². The van der Waals surface area contributed by atoms with Crippen LogP contribution < -0.4 is 10.6 Å². The first-order chi connectivity index (χ1) is 16.2. The minimum absolute atomic E-state index is 0.0312. The van der Waals surface area contributed by atoms with Crippen LogP contribution in [0.3, 0.4) is 0 Å². The van der Waals surface area contributed by atoms with Crippen LogP contribution in [0.1, 0.15) is 30.9 Å². The van der Waals surface area contributed by atoms with Crippen molar-refractivity contribution in [3.05, 3.63) is 88.4 Å². The van der Waals surface area contributed by atoms with Gasteiger partial charge in [-0.1, -0.05) is 42.5 Å². The number of allylic oxidation sites excluding steroid dienone is 1. The zero-order valence-corrected chi connectivity index (χ0v) is 19.3. The van der Waals surface area contributed by atoms with Gasteiger partial charge in [0, 0.05) is 5.69 Å². The molecule has 1 atom stereocenters. The Morgan fingerprint density at radius 2 is 1.65 bits per heavy atom. The van der Waals surface area contributed by atoms with Crippen LogP contribution in [0.4, 0.5) is 5.69 Å². The van der Waals surface area contributed by atoms with Gasteiger partial charge in [0.05, 0.1) is 48.8 Å². The van der Waals surface area contributed by atoms with Crippen LogP contribution in [-0.2, 0) is 24.5 Å². The average molecular weight is 457 g/mol. The first kappa shape index (κ1) is 24.1. The van der Waals surface area contributed by atoms with Crippen molar-refractivity contribution in [1.82, 2.24) is 0 Å². The predicted octanol–water partition coefficient (Wildman–Crippen LogP) is 3.39. The molecule has 0 fully saturated rings. The molecular formula is C26H24N4O4. The second kappa shape index (κ2) is 9.51. The molecular weight excluding hydrogens is 432 g/mol. The van der Waals surface area contributed by atoms with Gasteiger partial charge >= 0.3 is 11.9 Å². The lowest BCUT2D eigenvalue weighted by molar-refractivity contribution is -0.139. The quantitative estimate of drug-likeness (QED) is 0.678. The van der Waals surface area contributed by atoms with Crippen LogP contribution in [-0.4, -0.2) is 26.2 Å². The molecule has 8 heteroatoms. The van der Waals surface area contributed by atoms with Gasteiger partial charge in [0.15, 0.2) is 0 Å². The summed E-state index contributed by atoms with van der Waals surface area (Å²) in [6.45, 7) is 3.51. The molecule has 1 heterocycles. The molecule has 3 rings (SSSR count). The zero-order valence-electron chi connectivity index (χ0n) is 19.3. The number of nitriles is 2. The maximum atomic E-state index is 13.1. The summed E-state index contributed by atoms with van der Waals surface area (Å²) in [6, 6.07) is 20.0. The smallest absolute Gasteiger partial charge is 0.355 e. The standard InChI is InChI=1S/C26H24N4O4/c1-26(2,15-28)17-11-8-12-18(13-17)30-22(25(32)34-4)21(24(31)33-3)20(19(14-27)23(30)29)16-9-6-5-7-10-16/h5-13,20H,29H2,1-4H3. The topological polar surface area (TPSA) is 129 Å². The predicted molar refractivity (Wildman–Crippen MR) is 125 cm³/mol. The van der Waals surface area contributed by atoms with Gasteiger partial charge in [0.25, 0.3) is 0 Å². The van der Waals surface area contributed by atoms with Crippen molar-refractivity contribution in [3.63, 3.8) is 0 Å². The van der Waals surface area contributed by atoms with Gasteiger partial charge in [-0.25, -0.2) is 9.59 Å². The Morgan fingerprint density at radius 1 is 1.00 bits per heavy atom. The molecule has 2 aromatic rings. The van der Waals surface area contributed by atoms with E-state index < -0.39 is 23.3 Å². The molecule has 2 N–H and O–H groups in total. The summed E-state index contributed by atoms with van der Waals surface area (Å²) < 4.78 is 10.1. The third kappa shape index (κ3) is 4.10. The van der Waals surface area contributed by atoms with E-state index in [2.05, 4.69) is 12.1 Å². The van der Waals surface area contributed by atoms with Crippen LogP contribution in [0.15, 0.2) is 77.3 Å². The molecule has 0 radical (unpaired) electrons. The summed E-state index contributed by atoms with van der Waals surface area (Å²) in [5.41, 5.74) is 7.13. The van der Waals surface area contributed by atoms with Gasteiger partial charge in [-0.05, 0) is 37.1 Å². The van der Waals surface area contributed by atoms with E-state index >= 15 is 0 Å². The van der Waals surface area contributed by atoms with E-state index in [9.17, 15) is 20.1 Å². The first-order valence-electron chi connectivity index (χ1n) is 10.4. The van der Waals surface area contributed by atoms with Gasteiger partial charge in [0.2, 0.25) is 0 Å². The number of anilines is 1. The lowest BCUT2D eigenvalue weighted by Gasteiger charge is -2.36. The van der Waals surface area contributed by atoms with Crippen molar-refractivity contribution < 1.29 is 19.1 Å². The monoisotopic (exact) mass is 456 g/mol. The number of rotatable bonds is 5. The van der Waals surface area contributed by atoms with Crippen LogP contribution >= 0.6 is 0 Å². The molecule has 0 aromatic heterocycles. The minimum atomic E-state index is -0.942. The Hall–Kier alpha value is -4.56. The number of nitrogens with zero attached hydrogens (tertiary/aromatic N) is 3. The molecule has 2 aromatic carbocycles. The van der Waals surface area contributed by atoms with E-state index in [1.807, 2.05) is 0 Å². The summed E-state index contributed by atoms with van der Waals surface area (Å²) in [5.74, 6) is -2.60. The average Bonchev–Trinajstić information content (AvgIpc) is 2.87. The van der Waals surface area contributed by atoms with Crippen molar-refractivity contribution in [1.29, 1.82) is 10.5 Å². The highest BCUT2D eigenvalue weighted by atomic mass is 16.5. The Kier molecular flexibility index (Phi) is 6.74. The molecule has 1 unspecified atom stereocenters. The molecule has 0 saturated carbocycles. The minimum Gasteiger partial charge on any atom is -0.466 e. The number of ether oxygens (including phenoxy) is 2. The number of esters is 2. The van der Waals surface area contributed by atoms with Crippen molar-refractivity contribution >= 4 is 17.6 Å². The molecule has 0 amide bonds. The van der Waals surface area contributed by atoms with E-state index in [0.717, 1.165) is 0 Å². The molecule has 172 valence electrons. The summed E-state index contributed by atoms with van der Waals surface area (Å²) in [7, 11) is 2.38. The van der Waals surface area contributed by atoms with E-state index in [4.69, 9.17) is 15.2 Å². The lowest BCUT2D eigenvalue weighted by Crippen LogP contribution is -2.40. The molecule has 8 nitrogen and oxygen atoms in total. The first-order valence-corrected chi connectivity index (χ1v) is 10.4. The van der Waals surface area contributed by atoms with Crippen LogP contribution in [0.25, 0.3) is 0 Å². The van der Waals surface area contributed by atoms with Gasteiger partial charge in [0.1, 0.15) is 11.5 Å². The molecule has 0 aliphatic carbocycles. The molecule has 34 heavy (non-hydrogen) atoms. The normalized spacial score (nSPS) is 15.9. The fourth-order valence-electron chi connectivity index (χ4n) is 3.88. The van der Waals surface area contributed by atoms with Gasteiger partial charge in [-0.3, -0.25) is 4.90 Å². The summed E-state index contributed by atoms with van der Waals surface area (Å²) in [6.07, 6.45) is 0. The Balaban J connectivity index is 2.41. The highest BCUT2D eigenvalue weighted by Crippen LogP contribution is 2.43. The fraction of sp³-hybridized carbons (Fsp3) is 0.231. The molecule has 0 bridgehead atoms. The lowest BCUT2D eigenvalue weighted by atomic mass is 9.80. The Bertz CT molecular complexity index is 1280. The van der Waals surface area contributed by atoms with Crippen molar-refractivity contribution in [2.45, 2.75) is 25.2 Å². The number of benzene rings is 2. The highest BCUT2D eigenvalue weighted by Gasteiger charge is 2.43. The SMILES string of the molecule is COC(=O)C1=C(C(=O)OC)N(c2cccc(C(C)(C)C#N)c2)C(N)=C(C#N)C1c1ccccc1. The van der Waals surface area contributed by atoms with Crippen molar-refractivity contribution in [2.75, 3.05) is 19.1 Å². The fourth-order valence-corrected chi connectivity index (χ4v) is 3.88. The molecule has 1 aliphatic rings. The molecule has 1 aliphatic heterocycles. The highest BCUT2D eigenvalue weighted by molar-refractivity contribution is 6.06. The third-order valence-electron chi connectivity index (χ3n) is 5.72. The zero-order chi connectivity index (χ0) is 25.0. The van der Waals surface area contributed by atoms with Crippen molar-refractivity contribution in [3.8, 4) is 12.1 Å². The summed E-state index contributed by atoms with van der Waals surface area (Å²) in [5, 5.41) is 19.7. The maximum Gasteiger partial charge on any atom is 0.355 e.